The monoisotopic (exact) mass is 426 g/mol. The molecule has 3 aromatic rings. The number of ether oxygens (including phenoxy) is 4. The van der Waals surface area contributed by atoms with Gasteiger partial charge >= 0.3 is 5.97 Å². The lowest BCUT2D eigenvalue weighted by Gasteiger charge is -2.27. The van der Waals surface area contributed by atoms with Crippen molar-refractivity contribution in [1.82, 2.24) is 0 Å². The zero-order chi connectivity index (χ0) is 21.7. The van der Waals surface area contributed by atoms with E-state index in [0.717, 1.165) is 11.1 Å². The van der Waals surface area contributed by atoms with Gasteiger partial charge in [-0.25, -0.2) is 0 Å². The van der Waals surface area contributed by atoms with Crippen LogP contribution in [0.5, 0.6) is 23.0 Å². The lowest BCUT2D eigenvalue weighted by Crippen LogP contribution is -2.22. The second-order valence-corrected chi connectivity index (χ2v) is 7.84. The van der Waals surface area contributed by atoms with Crippen LogP contribution in [-0.2, 0) is 4.79 Å². The van der Waals surface area contributed by atoms with Crippen LogP contribution in [0.25, 0.3) is 6.08 Å². The van der Waals surface area contributed by atoms with Crippen molar-refractivity contribution in [2.45, 2.75) is 12.3 Å². The van der Waals surface area contributed by atoms with E-state index in [1.165, 1.54) is 0 Å². The molecule has 0 saturated heterocycles. The van der Waals surface area contributed by atoms with Crippen molar-refractivity contribution in [1.29, 1.82) is 0 Å². The summed E-state index contributed by atoms with van der Waals surface area (Å²) in [6, 6.07) is 18.5. The Kier molecular flexibility index (Phi) is 4.24. The van der Waals surface area contributed by atoms with Gasteiger partial charge in [0.15, 0.2) is 17.3 Å². The third kappa shape index (κ3) is 3.03. The molecule has 158 valence electrons. The molecule has 0 aliphatic carbocycles. The van der Waals surface area contributed by atoms with Crippen LogP contribution >= 0.6 is 0 Å². The standard InChI is InChI=1S/C26H18O6/c27-23-14-18(16-6-8-19-21(13-16)30-11-10-29-19)24-20(31-23)9-7-17-25(28)22(32-26(17)24)12-15-4-2-1-3-5-15/h1-9,12-13,18H,10-11,14H2/b22-12-/t18-/m0/s1. The maximum Gasteiger partial charge on any atom is 0.312 e. The zero-order valence-electron chi connectivity index (χ0n) is 17.0. The normalized spacial score (nSPS) is 19.8. The van der Waals surface area contributed by atoms with E-state index in [2.05, 4.69) is 0 Å². The Balaban J connectivity index is 1.45. The lowest BCUT2D eigenvalue weighted by atomic mass is 9.84. The van der Waals surface area contributed by atoms with Gasteiger partial charge < -0.3 is 18.9 Å². The molecule has 0 radical (unpaired) electrons. The molecule has 32 heavy (non-hydrogen) atoms. The van der Waals surface area contributed by atoms with Crippen molar-refractivity contribution in [3.8, 4) is 23.0 Å². The molecule has 1 atom stereocenters. The number of carbonyl (C=O) groups excluding carboxylic acids is 2. The quantitative estimate of drug-likeness (QED) is 0.341. The van der Waals surface area contributed by atoms with Crippen LogP contribution in [0.2, 0.25) is 0 Å². The van der Waals surface area contributed by atoms with Crippen molar-refractivity contribution in [3.63, 3.8) is 0 Å². The predicted molar refractivity (Wildman–Crippen MR) is 115 cm³/mol. The van der Waals surface area contributed by atoms with E-state index >= 15 is 0 Å². The Labute approximate surface area is 184 Å². The number of hydrogen-bond donors (Lipinski definition) is 0. The number of Topliss-reactive ketones (excluding diaryl/α,β-unsaturated/α-hetero) is 1. The van der Waals surface area contributed by atoms with Crippen molar-refractivity contribution in [2.24, 2.45) is 0 Å². The average Bonchev–Trinajstić information content (AvgIpc) is 3.14. The van der Waals surface area contributed by atoms with Gasteiger partial charge in [-0.1, -0.05) is 36.4 Å². The predicted octanol–water partition coefficient (Wildman–Crippen LogP) is 4.52. The van der Waals surface area contributed by atoms with Crippen LogP contribution in [0, 0.1) is 0 Å². The largest absolute Gasteiger partial charge is 0.486 e. The summed E-state index contributed by atoms with van der Waals surface area (Å²) in [5, 5.41) is 0. The summed E-state index contributed by atoms with van der Waals surface area (Å²) >= 11 is 0. The summed E-state index contributed by atoms with van der Waals surface area (Å²) in [7, 11) is 0. The highest BCUT2D eigenvalue weighted by atomic mass is 16.6. The fourth-order valence-corrected chi connectivity index (χ4v) is 4.37. The Morgan fingerprint density at radius 3 is 2.44 bits per heavy atom. The molecule has 0 amide bonds. The Hall–Kier alpha value is -4.06. The number of fused-ring (bicyclic) bond motifs is 4. The number of allylic oxidation sites excluding steroid dienone is 1. The highest BCUT2D eigenvalue weighted by Gasteiger charge is 2.38. The second-order valence-electron chi connectivity index (χ2n) is 7.84. The van der Waals surface area contributed by atoms with Gasteiger partial charge in [-0.3, -0.25) is 9.59 Å². The molecule has 6 nitrogen and oxygen atoms in total. The topological polar surface area (TPSA) is 71.1 Å². The number of benzene rings is 3. The van der Waals surface area contributed by atoms with Gasteiger partial charge in [0.1, 0.15) is 24.7 Å². The molecule has 3 aliphatic heterocycles. The minimum absolute atomic E-state index is 0.137. The minimum atomic E-state index is -0.332. The number of ketones is 1. The van der Waals surface area contributed by atoms with E-state index in [9.17, 15) is 9.59 Å². The third-order valence-electron chi connectivity index (χ3n) is 5.85. The first-order valence-corrected chi connectivity index (χ1v) is 10.4. The summed E-state index contributed by atoms with van der Waals surface area (Å²) in [5.41, 5.74) is 2.90. The maximum absolute atomic E-state index is 13.0. The van der Waals surface area contributed by atoms with E-state index < -0.39 is 0 Å². The van der Waals surface area contributed by atoms with Gasteiger partial charge in [0, 0.05) is 11.5 Å². The summed E-state index contributed by atoms with van der Waals surface area (Å²) in [6.45, 7) is 0.978. The van der Waals surface area contributed by atoms with Gasteiger partial charge in [-0.2, -0.15) is 0 Å². The molecular formula is C26H18O6. The molecule has 6 heteroatoms. The van der Waals surface area contributed by atoms with Gasteiger partial charge in [0.25, 0.3) is 0 Å². The first-order chi connectivity index (χ1) is 15.7. The van der Waals surface area contributed by atoms with Crippen molar-refractivity contribution in [2.75, 3.05) is 13.2 Å². The molecule has 3 aliphatic rings. The van der Waals surface area contributed by atoms with Crippen LogP contribution in [0.15, 0.2) is 66.4 Å². The average molecular weight is 426 g/mol. The molecule has 0 aromatic heterocycles. The molecule has 0 saturated carbocycles. The van der Waals surface area contributed by atoms with E-state index in [4.69, 9.17) is 18.9 Å². The van der Waals surface area contributed by atoms with E-state index in [1.54, 1.807) is 18.2 Å². The molecule has 0 fully saturated rings. The van der Waals surface area contributed by atoms with Crippen molar-refractivity contribution < 1.29 is 28.5 Å². The number of carbonyl (C=O) groups is 2. The summed E-state index contributed by atoms with van der Waals surface area (Å²) in [5.74, 6) is 1.57. The van der Waals surface area contributed by atoms with E-state index in [-0.39, 0.29) is 29.9 Å². The Morgan fingerprint density at radius 1 is 0.812 bits per heavy atom. The maximum atomic E-state index is 13.0. The molecule has 3 aromatic carbocycles. The molecule has 0 N–H and O–H groups in total. The van der Waals surface area contributed by atoms with Crippen molar-refractivity contribution in [3.05, 3.63) is 88.7 Å². The minimum Gasteiger partial charge on any atom is -0.486 e. The molecule has 0 unspecified atom stereocenters. The number of rotatable bonds is 2. The zero-order valence-corrected chi connectivity index (χ0v) is 17.0. The lowest BCUT2D eigenvalue weighted by molar-refractivity contribution is -0.135. The molecule has 0 bridgehead atoms. The van der Waals surface area contributed by atoms with Crippen molar-refractivity contribution >= 4 is 17.8 Å². The Bertz CT molecular complexity index is 1290. The number of hydrogen-bond acceptors (Lipinski definition) is 6. The smallest absolute Gasteiger partial charge is 0.312 e. The van der Waals surface area contributed by atoms with Gasteiger partial charge in [-0.05, 0) is 41.5 Å². The first-order valence-electron chi connectivity index (χ1n) is 10.4. The van der Waals surface area contributed by atoms with Crippen LogP contribution < -0.4 is 18.9 Å². The van der Waals surface area contributed by atoms with Crippen LogP contribution in [0.3, 0.4) is 0 Å². The summed E-state index contributed by atoms with van der Waals surface area (Å²) < 4.78 is 22.9. The molecule has 6 rings (SSSR count). The second kappa shape index (κ2) is 7.27. The van der Waals surface area contributed by atoms with E-state index in [0.29, 0.717) is 47.3 Å². The van der Waals surface area contributed by atoms with E-state index in [1.807, 2.05) is 48.5 Å². The fourth-order valence-electron chi connectivity index (χ4n) is 4.37. The molecule has 3 heterocycles. The number of esters is 1. The van der Waals surface area contributed by atoms with Crippen LogP contribution in [-0.4, -0.2) is 25.0 Å². The Morgan fingerprint density at radius 2 is 1.59 bits per heavy atom. The highest BCUT2D eigenvalue weighted by Crippen LogP contribution is 2.49. The highest BCUT2D eigenvalue weighted by molar-refractivity contribution is 6.15. The van der Waals surface area contributed by atoms with Crippen LogP contribution in [0.1, 0.15) is 39.4 Å². The van der Waals surface area contributed by atoms with Gasteiger partial charge in [-0.15, -0.1) is 0 Å². The molecular weight excluding hydrogens is 408 g/mol. The fraction of sp³-hybridized carbons (Fsp3) is 0.154. The summed E-state index contributed by atoms with van der Waals surface area (Å²) in [6.07, 6.45) is 1.86. The van der Waals surface area contributed by atoms with Crippen LogP contribution in [0.4, 0.5) is 0 Å². The van der Waals surface area contributed by atoms with Gasteiger partial charge in [0.2, 0.25) is 5.78 Å². The van der Waals surface area contributed by atoms with Gasteiger partial charge in [0.05, 0.1) is 12.0 Å². The SMILES string of the molecule is O=C1C[C@@H](c2ccc3c(c2)OCCO3)c2c(ccc3c2O/C(=C\c2ccccc2)C3=O)O1. The molecule has 0 spiro atoms. The third-order valence-corrected chi connectivity index (χ3v) is 5.85. The first kappa shape index (κ1) is 18.7. The summed E-state index contributed by atoms with van der Waals surface area (Å²) in [4.78, 5) is 25.4.